The molecule has 1 saturated carbocycles. The van der Waals surface area contributed by atoms with Crippen molar-refractivity contribution in [3.8, 4) is 5.75 Å². The van der Waals surface area contributed by atoms with Crippen LogP contribution in [0.3, 0.4) is 0 Å². The normalized spacial score (nSPS) is 17.4. The van der Waals surface area contributed by atoms with Gasteiger partial charge in [0, 0.05) is 37.9 Å². The summed E-state index contributed by atoms with van der Waals surface area (Å²) in [5, 5.41) is 0. The summed E-state index contributed by atoms with van der Waals surface area (Å²) in [4.78, 5) is 30.9. The number of nitrogens with zero attached hydrogens (tertiary/aromatic N) is 5. The average molecular weight is 624 g/mol. The van der Waals surface area contributed by atoms with Crippen LogP contribution in [0.4, 0.5) is 17.6 Å². The average Bonchev–Trinajstić information content (AvgIpc) is 3.75. The largest absolute Gasteiger partial charge is 0.497 e. The maximum atomic E-state index is 12.5. The number of rotatable bonds is 11. The van der Waals surface area contributed by atoms with Gasteiger partial charge in [0.2, 0.25) is 5.95 Å². The summed E-state index contributed by atoms with van der Waals surface area (Å²) in [5.74, 6) is 2.91. The zero-order chi connectivity index (χ0) is 29.0. The standard InChI is InChI=1S/C31H39BrN6O3/c1-21-18-27(33)36-30(34-21)38(19-22-7-9-24(40-2)10-8-22)16-5-4-6-23-20-37(17-15-31(23)13-14-31)28-25(29(39)41-3)11-12-26(32)35-28/h7-12,18,23H,4-6,13-17,19-20H2,1-3H3,(H2,33,34,36). The molecule has 0 amide bonds. The summed E-state index contributed by atoms with van der Waals surface area (Å²) >= 11 is 3.49. The molecule has 1 aliphatic carbocycles. The monoisotopic (exact) mass is 622 g/mol. The van der Waals surface area contributed by atoms with Crippen LogP contribution in [0.2, 0.25) is 0 Å². The van der Waals surface area contributed by atoms with Gasteiger partial charge in [0.25, 0.3) is 0 Å². The molecule has 1 spiro atoms. The Morgan fingerprint density at radius 3 is 2.56 bits per heavy atom. The first-order chi connectivity index (χ1) is 19.8. The number of halogens is 1. The first-order valence-corrected chi connectivity index (χ1v) is 15.1. The van der Waals surface area contributed by atoms with Crippen molar-refractivity contribution in [2.75, 3.05) is 49.4 Å². The fourth-order valence-electron chi connectivity index (χ4n) is 6.07. The van der Waals surface area contributed by atoms with Crippen LogP contribution in [0.25, 0.3) is 0 Å². The summed E-state index contributed by atoms with van der Waals surface area (Å²) in [6, 6.07) is 13.5. The number of hydrogen-bond acceptors (Lipinski definition) is 9. The Kier molecular flexibility index (Phi) is 8.97. The molecular weight excluding hydrogens is 584 g/mol. The van der Waals surface area contributed by atoms with Crippen LogP contribution in [-0.4, -0.2) is 54.8 Å². The van der Waals surface area contributed by atoms with E-state index in [0.717, 1.165) is 66.9 Å². The molecule has 3 heterocycles. The van der Waals surface area contributed by atoms with Gasteiger partial charge >= 0.3 is 5.97 Å². The number of nitrogens with two attached hydrogens (primary N) is 1. The fourth-order valence-corrected chi connectivity index (χ4v) is 6.37. The van der Waals surface area contributed by atoms with Crippen LogP contribution < -0.4 is 20.3 Å². The first kappa shape index (κ1) is 29.1. The molecule has 2 N–H and O–H groups in total. The number of nitrogen functional groups attached to an aromatic ring is 1. The lowest BCUT2D eigenvalue weighted by atomic mass is 9.79. The molecule has 10 heteroatoms. The number of aryl methyl sites for hydroxylation is 1. The third-order valence-corrected chi connectivity index (χ3v) is 8.97. The predicted molar refractivity (Wildman–Crippen MR) is 164 cm³/mol. The SMILES string of the molecule is COC(=O)c1ccc(Br)nc1N1CCC2(CC2)C(CCCCN(Cc2ccc(OC)cc2)c2nc(C)cc(N)n2)C1. The highest BCUT2D eigenvalue weighted by Crippen LogP contribution is 2.58. The van der Waals surface area contributed by atoms with Crippen LogP contribution in [0.15, 0.2) is 47.1 Å². The number of ether oxygens (including phenoxy) is 2. The summed E-state index contributed by atoms with van der Waals surface area (Å²) in [5.41, 5.74) is 9.07. The third kappa shape index (κ3) is 6.92. The van der Waals surface area contributed by atoms with E-state index in [0.29, 0.717) is 41.0 Å². The Labute approximate surface area is 250 Å². The smallest absolute Gasteiger partial charge is 0.341 e. The molecule has 1 aromatic carbocycles. The molecule has 1 saturated heterocycles. The molecule has 1 unspecified atom stereocenters. The van der Waals surface area contributed by atoms with Crippen molar-refractivity contribution in [2.24, 2.45) is 11.3 Å². The van der Waals surface area contributed by atoms with Crippen molar-refractivity contribution in [2.45, 2.75) is 52.0 Å². The number of hydrogen-bond donors (Lipinski definition) is 1. The van der Waals surface area contributed by atoms with E-state index in [1.54, 1.807) is 25.3 Å². The zero-order valence-electron chi connectivity index (χ0n) is 24.1. The number of carbonyl (C=O) groups is 1. The Morgan fingerprint density at radius 2 is 1.88 bits per heavy atom. The van der Waals surface area contributed by atoms with Crippen molar-refractivity contribution in [3.05, 3.63) is 63.9 Å². The summed E-state index contributed by atoms with van der Waals surface area (Å²) in [7, 11) is 3.09. The Balaban J connectivity index is 1.25. The van der Waals surface area contributed by atoms with Gasteiger partial charge in [-0.2, -0.15) is 4.98 Å². The second-order valence-electron chi connectivity index (χ2n) is 11.3. The van der Waals surface area contributed by atoms with Crippen molar-refractivity contribution >= 4 is 39.5 Å². The fraction of sp³-hybridized carbons (Fsp3) is 0.484. The topological polar surface area (TPSA) is 107 Å². The molecule has 218 valence electrons. The quantitative estimate of drug-likeness (QED) is 0.161. The number of methoxy groups -OCH3 is 2. The molecule has 1 aliphatic heterocycles. The number of unbranched alkanes of at least 4 members (excludes halogenated alkanes) is 1. The van der Waals surface area contributed by atoms with E-state index in [-0.39, 0.29) is 5.97 Å². The van der Waals surface area contributed by atoms with Crippen molar-refractivity contribution in [1.82, 2.24) is 15.0 Å². The lowest BCUT2D eigenvalue weighted by Gasteiger charge is -2.40. The maximum Gasteiger partial charge on any atom is 0.341 e. The number of esters is 1. The van der Waals surface area contributed by atoms with Gasteiger partial charge in [-0.05, 0) is 96.1 Å². The van der Waals surface area contributed by atoms with Crippen LogP contribution >= 0.6 is 15.9 Å². The molecule has 1 atom stereocenters. The number of pyridine rings is 1. The van der Waals surface area contributed by atoms with Crippen LogP contribution in [0.1, 0.15) is 60.1 Å². The lowest BCUT2D eigenvalue weighted by molar-refractivity contribution is 0.0600. The second kappa shape index (κ2) is 12.6. The summed E-state index contributed by atoms with van der Waals surface area (Å²) < 4.78 is 11.1. The van der Waals surface area contributed by atoms with Gasteiger partial charge in [0.1, 0.15) is 27.6 Å². The highest BCUT2D eigenvalue weighted by Gasteiger charge is 2.51. The highest BCUT2D eigenvalue weighted by atomic mass is 79.9. The van der Waals surface area contributed by atoms with Gasteiger partial charge in [0.15, 0.2) is 0 Å². The van der Waals surface area contributed by atoms with Crippen LogP contribution in [-0.2, 0) is 11.3 Å². The highest BCUT2D eigenvalue weighted by molar-refractivity contribution is 9.10. The minimum Gasteiger partial charge on any atom is -0.497 e. The Hall–Kier alpha value is -3.40. The molecule has 2 aromatic heterocycles. The number of carbonyl (C=O) groups excluding carboxylic acids is 1. The molecule has 41 heavy (non-hydrogen) atoms. The van der Waals surface area contributed by atoms with E-state index in [4.69, 9.17) is 20.2 Å². The maximum absolute atomic E-state index is 12.5. The van der Waals surface area contributed by atoms with Gasteiger partial charge in [-0.1, -0.05) is 18.6 Å². The summed E-state index contributed by atoms with van der Waals surface area (Å²) in [6.45, 7) is 5.28. The summed E-state index contributed by atoms with van der Waals surface area (Å²) in [6.07, 6.45) is 6.96. The number of anilines is 3. The zero-order valence-corrected chi connectivity index (χ0v) is 25.7. The Morgan fingerprint density at radius 1 is 1.10 bits per heavy atom. The Bertz CT molecular complexity index is 1340. The molecular formula is C31H39BrN6O3. The molecule has 5 rings (SSSR count). The van der Waals surface area contributed by atoms with E-state index in [1.165, 1.54) is 20.0 Å². The van der Waals surface area contributed by atoms with Crippen molar-refractivity contribution < 1.29 is 14.3 Å². The minimum absolute atomic E-state index is 0.348. The van der Waals surface area contributed by atoms with E-state index in [9.17, 15) is 4.79 Å². The predicted octanol–water partition coefficient (Wildman–Crippen LogP) is 5.80. The van der Waals surface area contributed by atoms with E-state index >= 15 is 0 Å². The second-order valence-corrected chi connectivity index (χ2v) is 12.1. The van der Waals surface area contributed by atoms with Gasteiger partial charge in [-0.3, -0.25) is 0 Å². The molecule has 2 aliphatic rings. The number of benzene rings is 1. The molecule has 0 bridgehead atoms. The van der Waals surface area contributed by atoms with Gasteiger partial charge in [0.05, 0.1) is 14.2 Å². The first-order valence-electron chi connectivity index (χ1n) is 14.3. The molecule has 2 fully saturated rings. The minimum atomic E-state index is -0.348. The molecule has 0 radical (unpaired) electrons. The number of piperidine rings is 1. The van der Waals surface area contributed by atoms with E-state index in [1.807, 2.05) is 19.1 Å². The van der Waals surface area contributed by atoms with Gasteiger partial charge in [-0.15, -0.1) is 0 Å². The van der Waals surface area contributed by atoms with E-state index in [2.05, 4.69) is 47.8 Å². The van der Waals surface area contributed by atoms with Crippen molar-refractivity contribution in [3.63, 3.8) is 0 Å². The molecule has 3 aromatic rings. The number of aromatic nitrogens is 3. The van der Waals surface area contributed by atoms with Gasteiger partial charge in [-0.25, -0.2) is 14.8 Å². The van der Waals surface area contributed by atoms with Gasteiger partial charge < -0.3 is 25.0 Å². The third-order valence-electron chi connectivity index (χ3n) is 8.53. The van der Waals surface area contributed by atoms with E-state index < -0.39 is 0 Å². The van der Waals surface area contributed by atoms with Crippen LogP contribution in [0.5, 0.6) is 5.75 Å². The van der Waals surface area contributed by atoms with Crippen LogP contribution in [0, 0.1) is 18.3 Å². The molecule has 9 nitrogen and oxygen atoms in total. The lowest BCUT2D eigenvalue weighted by Crippen LogP contribution is -2.42. The van der Waals surface area contributed by atoms with Crippen molar-refractivity contribution in [1.29, 1.82) is 0 Å².